The minimum atomic E-state index is 0.239. The zero-order valence-electron chi connectivity index (χ0n) is 11.1. The zero-order valence-corrected chi connectivity index (χ0v) is 11.9. The van der Waals surface area contributed by atoms with E-state index < -0.39 is 0 Å². The van der Waals surface area contributed by atoms with Crippen molar-refractivity contribution in [2.75, 3.05) is 6.54 Å². The van der Waals surface area contributed by atoms with Gasteiger partial charge in [-0.05, 0) is 37.5 Å². The number of thiocarbonyl (C=S) groups is 1. The van der Waals surface area contributed by atoms with Crippen LogP contribution < -0.4 is 10.6 Å². The summed E-state index contributed by atoms with van der Waals surface area (Å²) in [6.45, 7) is 9.45. The number of nitrogens with one attached hydrogen (secondary N) is 2. The first-order chi connectivity index (χ1) is 7.99. The van der Waals surface area contributed by atoms with Crippen molar-refractivity contribution in [3.8, 4) is 0 Å². The predicted octanol–water partition coefficient (Wildman–Crippen LogP) is 3.18. The molecule has 0 aliphatic heterocycles. The van der Waals surface area contributed by atoms with Gasteiger partial charge in [-0.3, -0.25) is 0 Å². The van der Waals surface area contributed by atoms with Gasteiger partial charge in [-0.15, -0.1) is 0 Å². The van der Waals surface area contributed by atoms with Crippen molar-refractivity contribution in [3.63, 3.8) is 0 Å². The molecule has 1 unspecified atom stereocenters. The largest absolute Gasteiger partial charge is 0.362 e. The van der Waals surface area contributed by atoms with Crippen LogP contribution in [0.1, 0.15) is 37.9 Å². The standard InChI is InChI=1S/C14H22N2S/c1-10(2)9-15-14(17)16-12(4)13-7-5-11(3)6-8-13/h5-8,10,12H,9H2,1-4H3,(H2,15,16,17). The molecule has 0 spiro atoms. The second-order valence-corrected chi connectivity index (χ2v) is 5.29. The Hall–Kier alpha value is -1.09. The predicted molar refractivity (Wildman–Crippen MR) is 78.2 cm³/mol. The number of aryl methyl sites for hydroxylation is 1. The lowest BCUT2D eigenvalue weighted by atomic mass is 10.1. The van der Waals surface area contributed by atoms with Crippen LogP contribution in [0.15, 0.2) is 24.3 Å². The molecule has 0 aliphatic rings. The Kier molecular flexibility index (Phi) is 5.42. The highest BCUT2D eigenvalue weighted by Gasteiger charge is 2.06. The summed E-state index contributed by atoms with van der Waals surface area (Å²) in [4.78, 5) is 0. The topological polar surface area (TPSA) is 24.1 Å². The summed E-state index contributed by atoms with van der Waals surface area (Å²) in [5, 5.41) is 7.23. The molecule has 0 heterocycles. The third-order valence-electron chi connectivity index (χ3n) is 2.60. The second kappa shape index (κ2) is 6.60. The number of hydrogen-bond donors (Lipinski definition) is 2. The van der Waals surface area contributed by atoms with Crippen molar-refractivity contribution in [2.45, 2.75) is 33.7 Å². The molecule has 94 valence electrons. The van der Waals surface area contributed by atoms with Gasteiger partial charge < -0.3 is 10.6 Å². The molecule has 0 fully saturated rings. The van der Waals surface area contributed by atoms with Crippen molar-refractivity contribution in [1.82, 2.24) is 10.6 Å². The third kappa shape index (κ3) is 5.18. The van der Waals surface area contributed by atoms with E-state index in [4.69, 9.17) is 12.2 Å². The van der Waals surface area contributed by atoms with E-state index in [-0.39, 0.29) is 6.04 Å². The van der Waals surface area contributed by atoms with Crippen molar-refractivity contribution >= 4 is 17.3 Å². The SMILES string of the molecule is Cc1ccc(C(C)NC(=S)NCC(C)C)cc1. The summed E-state index contributed by atoms with van der Waals surface area (Å²) in [5.41, 5.74) is 2.53. The maximum absolute atomic E-state index is 5.25. The third-order valence-corrected chi connectivity index (χ3v) is 2.86. The maximum Gasteiger partial charge on any atom is 0.166 e. The smallest absolute Gasteiger partial charge is 0.166 e. The van der Waals surface area contributed by atoms with Gasteiger partial charge in [-0.25, -0.2) is 0 Å². The van der Waals surface area contributed by atoms with E-state index in [0.29, 0.717) is 5.92 Å². The van der Waals surface area contributed by atoms with E-state index in [9.17, 15) is 0 Å². The summed E-state index contributed by atoms with van der Waals surface area (Å²) >= 11 is 5.25. The van der Waals surface area contributed by atoms with Crippen LogP contribution in [0.25, 0.3) is 0 Å². The van der Waals surface area contributed by atoms with Crippen LogP contribution in [-0.4, -0.2) is 11.7 Å². The molecule has 0 amide bonds. The Morgan fingerprint density at radius 3 is 2.29 bits per heavy atom. The fourth-order valence-electron chi connectivity index (χ4n) is 1.48. The summed E-state index contributed by atoms with van der Waals surface area (Å²) in [5.74, 6) is 0.601. The molecule has 1 rings (SSSR count). The van der Waals surface area contributed by atoms with Gasteiger partial charge in [0.2, 0.25) is 0 Å². The fourth-order valence-corrected chi connectivity index (χ4v) is 1.74. The van der Waals surface area contributed by atoms with E-state index >= 15 is 0 Å². The van der Waals surface area contributed by atoms with Crippen molar-refractivity contribution in [2.24, 2.45) is 5.92 Å². The number of hydrogen-bond acceptors (Lipinski definition) is 1. The lowest BCUT2D eigenvalue weighted by Gasteiger charge is -2.18. The Labute approximate surface area is 110 Å². The molecule has 0 aromatic heterocycles. The lowest BCUT2D eigenvalue weighted by Crippen LogP contribution is -2.38. The molecule has 0 radical (unpaired) electrons. The normalized spacial score (nSPS) is 12.3. The van der Waals surface area contributed by atoms with E-state index in [1.54, 1.807) is 0 Å². The second-order valence-electron chi connectivity index (χ2n) is 4.88. The Balaban J connectivity index is 2.46. The summed E-state index contributed by atoms with van der Waals surface area (Å²) in [7, 11) is 0. The van der Waals surface area contributed by atoms with Gasteiger partial charge in [-0.2, -0.15) is 0 Å². The molecule has 2 nitrogen and oxygen atoms in total. The van der Waals surface area contributed by atoms with Gasteiger partial charge in [0.05, 0.1) is 6.04 Å². The van der Waals surface area contributed by atoms with Crippen LogP contribution in [0.4, 0.5) is 0 Å². The lowest BCUT2D eigenvalue weighted by molar-refractivity contribution is 0.609. The molecule has 1 aromatic carbocycles. The van der Waals surface area contributed by atoms with Gasteiger partial charge in [0, 0.05) is 6.54 Å². The number of benzene rings is 1. The van der Waals surface area contributed by atoms with Gasteiger partial charge >= 0.3 is 0 Å². The molecular weight excluding hydrogens is 228 g/mol. The molecule has 2 N–H and O–H groups in total. The summed E-state index contributed by atoms with van der Waals surface area (Å²) in [6, 6.07) is 8.76. The minimum absolute atomic E-state index is 0.239. The first kappa shape index (κ1) is 14.0. The molecule has 1 aromatic rings. The summed E-state index contributed by atoms with van der Waals surface area (Å²) < 4.78 is 0. The molecular formula is C14H22N2S. The van der Waals surface area contributed by atoms with Crippen molar-refractivity contribution in [3.05, 3.63) is 35.4 Å². The number of rotatable bonds is 4. The molecule has 0 bridgehead atoms. The highest BCUT2D eigenvalue weighted by atomic mass is 32.1. The maximum atomic E-state index is 5.25. The Morgan fingerprint density at radius 1 is 1.18 bits per heavy atom. The zero-order chi connectivity index (χ0) is 12.8. The van der Waals surface area contributed by atoms with Crippen LogP contribution in [0.3, 0.4) is 0 Å². The first-order valence-electron chi connectivity index (χ1n) is 6.10. The van der Waals surface area contributed by atoms with Gasteiger partial charge in [0.15, 0.2) is 5.11 Å². The van der Waals surface area contributed by atoms with Crippen LogP contribution in [0.5, 0.6) is 0 Å². The molecule has 17 heavy (non-hydrogen) atoms. The fraction of sp³-hybridized carbons (Fsp3) is 0.500. The Bertz CT molecular complexity index is 357. The van der Waals surface area contributed by atoms with Crippen molar-refractivity contribution in [1.29, 1.82) is 0 Å². The van der Waals surface area contributed by atoms with Gasteiger partial charge in [0.25, 0.3) is 0 Å². The van der Waals surface area contributed by atoms with Gasteiger partial charge in [-0.1, -0.05) is 43.7 Å². The van der Waals surface area contributed by atoms with Crippen LogP contribution >= 0.6 is 12.2 Å². The van der Waals surface area contributed by atoms with Crippen LogP contribution in [0, 0.1) is 12.8 Å². The minimum Gasteiger partial charge on any atom is -0.362 e. The van der Waals surface area contributed by atoms with Crippen molar-refractivity contribution < 1.29 is 0 Å². The van der Waals surface area contributed by atoms with Gasteiger partial charge in [0.1, 0.15) is 0 Å². The van der Waals surface area contributed by atoms with E-state index in [1.807, 2.05) is 0 Å². The van der Waals surface area contributed by atoms with E-state index in [0.717, 1.165) is 11.7 Å². The van der Waals surface area contributed by atoms with E-state index in [2.05, 4.69) is 62.6 Å². The van der Waals surface area contributed by atoms with E-state index in [1.165, 1.54) is 11.1 Å². The average Bonchev–Trinajstić information content (AvgIpc) is 2.27. The molecule has 0 saturated carbocycles. The average molecular weight is 250 g/mol. The van der Waals surface area contributed by atoms with Crippen LogP contribution in [-0.2, 0) is 0 Å². The highest BCUT2D eigenvalue weighted by Crippen LogP contribution is 2.12. The highest BCUT2D eigenvalue weighted by molar-refractivity contribution is 7.80. The molecule has 0 aliphatic carbocycles. The molecule has 0 saturated heterocycles. The molecule has 1 atom stereocenters. The summed E-state index contributed by atoms with van der Waals surface area (Å²) in [6.07, 6.45) is 0. The first-order valence-corrected chi connectivity index (χ1v) is 6.50. The Morgan fingerprint density at radius 2 is 1.76 bits per heavy atom. The van der Waals surface area contributed by atoms with Crippen LogP contribution in [0.2, 0.25) is 0 Å². The quantitative estimate of drug-likeness (QED) is 0.803. The monoisotopic (exact) mass is 250 g/mol. The molecule has 3 heteroatoms.